The summed E-state index contributed by atoms with van der Waals surface area (Å²) >= 11 is 2.02. The lowest BCUT2D eigenvalue weighted by Gasteiger charge is -2.12. The Balaban J connectivity index is 3.07. The molecule has 0 aliphatic rings. The molecule has 0 saturated carbocycles. The van der Waals surface area contributed by atoms with Crippen molar-refractivity contribution in [2.75, 3.05) is 18.1 Å². The quantitative estimate of drug-likeness (QED) is 0.560. The van der Waals surface area contributed by atoms with Gasteiger partial charge in [-0.15, -0.1) is 0 Å². The molecule has 2 heteroatoms. The van der Waals surface area contributed by atoms with Gasteiger partial charge in [0.2, 0.25) is 0 Å². The molecule has 0 aromatic rings. The first kappa shape index (κ1) is 14.3. The molecule has 0 saturated heterocycles. The van der Waals surface area contributed by atoms with Gasteiger partial charge in [-0.3, -0.25) is 0 Å². The highest BCUT2D eigenvalue weighted by atomic mass is 32.2. The van der Waals surface area contributed by atoms with Crippen LogP contribution in [-0.2, 0) is 0 Å². The second-order valence-corrected chi connectivity index (χ2v) is 5.30. The van der Waals surface area contributed by atoms with Gasteiger partial charge in [-0.1, -0.05) is 39.5 Å². The Morgan fingerprint density at radius 2 is 1.93 bits per heavy atom. The highest BCUT2D eigenvalue weighted by molar-refractivity contribution is 7.99. The average molecular weight is 217 g/mol. The van der Waals surface area contributed by atoms with Gasteiger partial charge >= 0.3 is 0 Å². The Hall–Kier alpha value is 0.310. The van der Waals surface area contributed by atoms with Crippen molar-refractivity contribution in [3.05, 3.63) is 0 Å². The van der Waals surface area contributed by atoms with Crippen molar-refractivity contribution in [1.29, 1.82) is 0 Å². The zero-order valence-corrected chi connectivity index (χ0v) is 11.0. The lowest BCUT2D eigenvalue weighted by molar-refractivity contribution is 0.496. The number of rotatable bonds is 10. The molecule has 1 atom stereocenters. The monoisotopic (exact) mass is 217 g/mol. The van der Waals surface area contributed by atoms with E-state index in [1.807, 2.05) is 11.8 Å². The molecular formula is C12H27NS. The van der Waals surface area contributed by atoms with Crippen molar-refractivity contribution in [3.8, 4) is 0 Å². The molecule has 14 heavy (non-hydrogen) atoms. The maximum atomic E-state index is 3.57. The number of hydrogen-bond acceptors (Lipinski definition) is 2. The van der Waals surface area contributed by atoms with Crippen LogP contribution in [0.3, 0.4) is 0 Å². The van der Waals surface area contributed by atoms with Crippen LogP contribution in [0.5, 0.6) is 0 Å². The molecule has 0 aromatic heterocycles. The third kappa shape index (κ3) is 10.4. The van der Waals surface area contributed by atoms with Crippen molar-refractivity contribution in [2.24, 2.45) is 0 Å². The molecule has 0 heterocycles. The van der Waals surface area contributed by atoms with E-state index >= 15 is 0 Å². The van der Waals surface area contributed by atoms with Crippen LogP contribution in [0.25, 0.3) is 0 Å². The first-order chi connectivity index (χ1) is 6.81. The van der Waals surface area contributed by atoms with Crippen LogP contribution >= 0.6 is 11.8 Å². The SMILES string of the molecule is CCCCCCC(C)NCCSCC. The molecular weight excluding hydrogens is 190 g/mol. The molecule has 0 spiro atoms. The molecule has 0 aliphatic heterocycles. The molecule has 1 N–H and O–H groups in total. The van der Waals surface area contributed by atoms with E-state index in [0.717, 1.165) is 0 Å². The van der Waals surface area contributed by atoms with Crippen LogP contribution in [0.4, 0.5) is 0 Å². The number of nitrogens with one attached hydrogen (secondary N) is 1. The number of thioether (sulfide) groups is 1. The Bertz CT molecular complexity index is 94.5. The Kier molecular flexibility index (Phi) is 11.6. The van der Waals surface area contributed by atoms with Gasteiger partial charge in [-0.25, -0.2) is 0 Å². The summed E-state index contributed by atoms with van der Waals surface area (Å²) in [6.45, 7) is 7.97. The van der Waals surface area contributed by atoms with E-state index in [4.69, 9.17) is 0 Å². The molecule has 1 unspecified atom stereocenters. The molecule has 0 radical (unpaired) electrons. The Labute approximate surface area is 94.4 Å². The van der Waals surface area contributed by atoms with Gasteiger partial charge in [0.1, 0.15) is 0 Å². The normalized spacial score (nSPS) is 13.1. The molecule has 0 bridgehead atoms. The predicted octanol–water partition coefficient (Wildman–Crippen LogP) is 3.69. The van der Waals surface area contributed by atoms with Crippen molar-refractivity contribution in [1.82, 2.24) is 5.32 Å². The predicted molar refractivity (Wildman–Crippen MR) is 69.2 cm³/mol. The van der Waals surface area contributed by atoms with Crippen LogP contribution in [0.1, 0.15) is 52.9 Å². The summed E-state index contributed by atoms with van der Waals surface area (Å²) in [6.07, 6.45) is 6.89. The minimum absolute atomic E-state index is 0.712. The van der Waals surface area contributed by atoms with E-state index in [-0.39, 0.29) is 0 Å². The molecule has 0 fully saturated rings. The molecule has 86 valence electrons. The van der Waals surface area contributed by atoms with Crippen molar-refractivity contribution < 1.29 is 0 Å². The second kappa shape index (κ2) is 11.4. The summed E-state index contributed by atoms with van der Waals surface area (Å²) in [4.78, 5) is 0. The third-order valence-corrected chi connectivity index (χ3v) is 3.34. The van der Waals surface area contributed by atoms with Gasteiger partial charge in [-0.05, 0) is 19.1 Å². The first-order valence-electron chi connectivity index (χ1n) is 6.12. The summed E-state index contributed by atoms with van der Waals surface area (Å²) < 4.78 is 0. The van der Waals surface area contributed by atoms with Crippen molar-refractivity contribution in [3.63, 3.8) is 0 Å². The van der Waals surface area contributed by atoms with E-state index in [0.29, 0.717) is 6.04 Å². The Morgan fingerprint density at radius 3 is 2.57 bits per heavy atom. The fourth-order valence-electron chi connectivity index (χ4n) is 1.50. The van der Waals surface area contributed by atoms with Gasteiger partial charge in [0, 0.05) is 18.3 Å². The maximum absolute atomic E-state index is 3.57. The van der Waals surface area contributed by atoms with Gasteiger partial charge in [-0.2, -0.15) is 11.8 Å². The number of unbranched alkanes of at least 4 members (excludes halogenated alkanes) is 3. The lowest BCUT2D eigenvalue weighted by Crippen LogP contribution is -2.28. The lowest BCUT2D eigenvalue weighted by atomic mass is 10.1. The van der Waals surface area contributed by atoms with Crippen molar-refractivity contribution >= 4 is 11.8 Å². The fraction of sp³-hybridized carbons (Fsp3) is 1.00. The van der Waals surface area contributed by atoms with Crippen LogP contribution in [0.15, 0.2) is 0 Å². The minimum Gasteiger partial charge on any atom is -0.313 e. The summed E-state index contributed by atoms with van der Waals surface area (Å²) in [5, 5.41) is 3.57. The van der Waals surface area contributed by atoms with E-state index in [9.17, 15) is 0 Å². The molecule has 0 aromatic carbocycles. The van der Waals surface area contributed by atoms with Gasteiger partial charge in [0.05, 0.1) is 0 Å². The van der Waals surface area contributed by atoms with Crippen LogP contribution in [0, 0.1) is 0 Å². The van der Waals surface area contributed by atoms with E-state index < -0.39 is 0 Å². The molecule has 1 nitrogen and oxygen atoms in total. The molecule has 0 amide bonds. The summed E-state index contributed by atoms with van der Waals surface area (Å²) in [6, 6.07) is 0.712. The smallest absolute Gasteiger partial charge is 0.00580 e. The summed E-state index contributed by atoms with van der Waals surface area (Å²) in [5.41, 5.74) is 0. The fourth-order valence-corrected chi connectivity index (χ4v) is 2.05. The van der Waals surface area contributed by atoms with Gasteiger partial charge in [0.15, 0.2) is 0 Å². The number of hydrogen-bond donors (Lipinski definition) is 1. The average Bonchev–Trinajstić information content (AvgIpc) is 2.19. The molecule has 0 aliphatic carbocycles. The largest absolute Gasteiger partial charge is 0.313 e. The maximum Gasteiger partial charge on any atom is 0.00580 e. The minimum atomic E-state index is 0.712. The third-order valence-electron chi connectivity index (χ3n) is 2.43. The summed E-state index contributed by atoms with van der Waals surface area (Å²) in [7, 11) is 0. The van der Waals surface area contributed by atoms with E-state index in [1.54, 1.807) is 0 Å². The standard InChI is InChI=1S/C12H27NS/c1-4-6-7-8-9-12(3)13-10-11-14-5-2/h12-13H,4-11H2,1-3H3. The first-order valence-corrected chi connectivity index (χ1v) is 7.27. The van der Waals surface area contributed by atoms with E-state index in [1.165, 1.54) is 50.2 Å². The zero-order chi connectivity index (χ0) is 10.6. The highest BCUT2D eigenvalue weighted by Gasteiger charge is 1.99. The zero-order valence-electron chi connectivity index (χ0n) is 10.1. The Morgan fingerprint density at radius 1 is 1.14 bits per heavy atom. The molecule has 0 rings (SSSR count). The van der Waals surface area contributed by atoms with Gasteiger partial charge in [0.25, 0.3) is 0 Å². The second-order valence-electron chi connectivity index (χ2n) is 3.90. The topological polar surface area (TPSA) is 12.0 Å². The highest BCUT2D eigenvalue weighted by Crippen LogP contribution is 2.05. The van der Waals surface area contributed by atoms with Gasteiger partial charge < -0.3 is 5.32 Å². The van der Waals surface area contributed by atoms with E-state index in [2.05, 4.69) is 26.1 Å². The van der Waals surface area contributed by atoms with Crippen molar-refractivity contribution in [2.45, 2.75) is 58.9 Å². The van der Waals surface area contributed by atoms with Crippen LogP contribution in [0.2, 0.25) is 0 Å². The summed E-state index contributed by atoms with van der Waals surface area (Å²) in [5.74, 6) is 2.50. The van der Waals surface area contributed by atoms with Crippen LogP contribution < -0.4 is 5.32 Å². The van der Waals surface area contributed by atoms with Crippen LogP contribution in [-0.4, -0.2) is 24.1 Å².